The number of rotatable bonds is 6. The van der Waals surface area contributed by atoms with Gasteiger partial charge in [-0.15, -0.1) is 0 Å². The molecule has 14 heavy (non-hydrogen) atoms. The number of hydrogen-bond donors (Lipinski definition) is 0. The molecule has 0 amide bonds. The minimum absolute atomic E-state index is 0.219. The highest BCUT2D eigenvalue weighted by Crippen LogP contribution is 2.34. The molecule has 0 heterocycles. The molecule has 0 saturated carbocycles. The number of methoxy groups -OCH3 is 2. The molecule has 0 aromatic heterocycles. The molecule has 0 aromatic rings. The van der Waals surface area contributed by atoms with Gasteiger partial charge in [0.25, 0.3) is 0 Å². The van der Waals surface area contributed by atoms with E-state index in [1.807, 2.05) is 27.7 Å². The molecule has 0 aliphatic heterocycles. The Labute approximate surface area is 86.8 Å². The fraction of sp³-hybridized carbons (Fsp3) is 1.00. The topological polar surface area (TPSA) is 18.5 Å². The summed E-state index contributed by atoms with van der Waals surface area (Å²) in [5, 5.41) is 0. The fourth-order valence-electron chi connectivity index (χ4n) is 1.87. The largest absolute Gasteiger partial charge is 0.379 e. The molecule has 0 radical (unpaired) electrons. The van der Waals surface area contributed by atoms with E-state index in [1.54, 1.807) is 14.2 Å². The van der Waals surface area contributed by atoms with Gasteiger partial charge in [0.05, 0.1) is 11.7 Å². The first kappa shape index (κ1) is 13.8. The molecule has 0 spiro atoms. The van der Waals surface area contributed by atoms with Crippen molar-refractivity contribution in [2.45, 2.75) is 45.8 Å². The summed E-state index contributed by atoms with van der Waals surface area (Å²) in [6.07, 6.45) is 0.399. The molecular formula is C11H23FO2. The average Bonchev–Trinajstić information content (AvgIpc) is 2.04. The second-order valence-electron chi connectivity index (χ2n) is 5.01. The lowest BCUT2D eigenvalue weighted by Crippen LogP contribution is -2.40. The van der Waals surface area contributed by atoms with Gasteiger partial charge in [-0.2, -0.15) is 0 Å². The molecular weight excluding hydrogens is 183 g/mol. The summed E-state index contributed by atoms with van der Waals surface area (Å²) >= 11 is 0. The van der Waals surface area contributed by atoms with Gasteiger partial charge in [0.1, 0.15) is 6.67 Å². The smallest absolute Gasteiger partial charge is 0.116 e. The number of halogens is 1. The Morgan fingerprint density at radius 1 is 1.14 bits per heavy atom. The molecule has 2 nitrogen and oxygen atoms in total. The maximum Gasteiger partial charge on any atom is 0.116 e. The molecule has 0 bridgehead atoms. The maximum absolute atomic E-state index is 12.7. The molecule has 0 aliphatic rings. The van der Waals surface area contributed by atoms with Crippen molar-refractivity contribution in [2.24, 2.45) is 5.41 Å². The van der Waals surface area contributed by atoms with Crippen molar-refractivity contribution in [1.82, 2.24) is 0 Å². The lowest BCUT2D eigenvalue weighted by atomic mass is 9.77. The monoisotopic (exact) mass is 206 g/mol. The summed E-state index contributed by atoms with van der Waals surface area (Å²) in [4.78, 5) is 0. The van der Waals surface area contributed by atoms with Crippen LogP contribution in [0.2, 0.25) is 0 Å². The Hall–Kier alpha value is -0.150. The fourth-order valence-corrected chi connectivity index (χ4v) is 1.87. The Balaban J connectivity index is 4.45. The first-order valence-electron chi connectivity index (χ1n) is 4.93. The SMILES string of the molecule is CO[C@H](CF)C(C)(C)CC(C)(C)OC. The van der Waals surface area contributed by atoms with Crippen molar-refractivity contribution in [3.05, 3.63) is 0 Å². The first-order valence-corrected chi connectivity index (χ1v) is 4.93. The van der Waals surface area contributed by atoms with Gasteiger partial charge in [-0.25, -0.2) is 4.39 Å². The molecule has 1 atom stereocenters. The van der Waals surface area contributed by atoms with E-state index in [2.05, 4.69) is 0 Å². The summed E-state index contributed by atoms with van der Waals surface area (Å²) in [6, 6.07) is 0. The minimum atomic E-state index is -0.455. The van der Waals surface area contributed by atoms with Gasteiger partial charge in [0, 0.05) is 14.2 Å². The van der Waals surface area contributed by atoms with Crippen LogP contribution in [0.5, 0.6) is 0 Å². The zero-order chi connectivity index (χ0) is 11.4. The number of alkyl halides is 1. The number of hydrogen-bond acceptors (Lipinski definition) is 2. The van der Waals surface area contributed by atoms with E-state index in [-0.39, 0.29) is 17.1 Å². The molecule has 0 fully saturated rings. The third-order valence-corrected chi connectivity index (χ3v) is 2.73. The van der Waals surface area contributed by atoms with E-state index < -0.39 is 6.67 Å². The summed E-state index contributed by atoms with van der Waals surface area (Å²) in [6.45, 7) is 7.55. The Morgan fingerprint density at radius 3 is 1.93 bits per heavy atom. The van der Waals surface area contributed by atoms with Crippen molar-refractivity contribution in [2.75, 3.05) is 20.9 Å². The summed E-state index contributed by atoms with van der Waals surface area (Å²) < 4.78 is 23.1. The van der Waals surface area contributed by atoms with Crippen LogP contribution in [-0.2, 0) is 9.47 Å². The van der Waals surface area contributed by atoms with Crippen molar-refractivity contribution >= 4 is 0 Å². The molecule has 0 aliphatic carbocycles. The Morgan fingerprint density at radius 2 is 1.64 bits per heavy atom. The maximum atomic E-state index is 12.7. The number of ether oxygens (including phenoxy) is 2. The van der Waals surface area contributed by atoms with Gasteiger partial charge in [-0.05, 0) is 25.7 Å². The molecule has 0 unspecified atom stereocenters. The van der Waals surface area contributed by atoms with E-state index in [0.717, 1.165) is 6.42 Å². The standard InChI is InChI=1S/C11H23FO2/c1-10(2,9(7-12)13-5)8-11(3,4)14-6/h9H,7-8H2,1-6H3/t9-/m1/s1. The normalized spacial score (nSPS) is 15.6. The average molecular weight is 206 g/mol. The van der Waals surface area contributed by atoms with Gasteiger partial charge in [0.2, 0.25) is 0 Å². The lowest BCUT2D eigenvalue weighted by Gasteiger charge is -2.37. The van der Waals surface area contributed by atoms with Crippen LogP contribution in [0.1, 0.15) is 34.1 Å². The van der Waals surface area contributed by atoms with Gasteiger partial charge >= 0.3 is 0 Å². The van der Waals surface area contributed by atoms with Crippen molar-refractivity contribution in [3.63, 3.8) is 0 Å². The van der Waals surface area contributed by atoms with Crippen LogP contribution in [0.15, 0.2) is 0 Å². The Bertz CT molecular complexity index is 163. The van der Waals surface area contributed by atoms with Gasteiger partial charge in [-0.3, -0.25) is 0 Å². The zero-order valence-electron chi connectivity index (χ0n) is 10.2. The molecule has 0 N–H and O–H groups in total. The van der Waals surface area contributed by atoms with Crippen LogP contribution in [0, 0.1) is 5.41 Å². The van der Waals surface area contributed by atoms with E-state index in [9.17, 15) is 4.39 Å². The zero-order valence-corrected chi connectivity index (χ0v) is 10.2. The third kappa shape index (κ3) is 3.93. The van der Waals surface area contributed by atoms with Crippen LogP contribution in [0.25, 0.3) is 0 Å². The first-order chi connectivity index (χ1) is 6.29. The van der Waals surface area contributed by atoms with E-state index >= 15 is 0 Å². The van der Waals surface area contributed by atoms with Gasteiger partial charge < -0.3 is 9.47 Å². The van der Waals surface area contributed by atoms with E-state index in [1.165, 1.54) is 0 Å². The predicted octanol–water partition coefficient (Wildman–Crippen LogP) is 2.81. The molecule has 86 valence electrons. The van der Waals surface area contributed by atoms with Crippen LogP contribution in [0.3, 0.4) is 0 Å². The molecule has 0 aromatic carbocycles. The van der Waals surface area contributed by atoms with Crippen LogP contribution in [0.4, 0.5) is 4.39 Å². The van der Waals surface area contributed by atoms with Crippen molar-refractivity contribution in [3.8, 4) is 0 Å². The highest BCUT2D eigenvalue weighted by molar-refractivity contribution is 4.85. The van der Waals surface area contributed by atoms with Crippen molar-refractivity contribution < 1.29 is 13.9 Å². The molecule has 0 saturated heterocycles. The highest BCUT2D eigenvalue weighted by atomic mass is 19.1. The van der Waals surface area contributed by atoms with Gasteiger partial charge in [-0.1, -0.05) is 13.8 Å². The highest BCUT2D eigenvalue weighted by Gasteiger charge is 2.35. The molecule has 0 rings (SSSR count). The summed E-state index contributed by atoms with van der Waals surface area (Å²) in [5.74, 6) is 0. The minimum Gasteiger partial charge on any atom is -0.379 e. The van der Waals surface area contributed by atoms with Crippen LogP contribution >= 0.6 is 0 Å². The second kappa shape index (κ2) is 5.08. The molecule has 3 heteroatoms. The predicted molar refractivity (Wildman–Crippen MR) is 56.3 cm³/mol. The summed E-state index contributed by atoms with van der Waals surface area (Å²) in [5.41, 5.74) is -0.460. The third-order valence-electron chi connectivity index (χ3n) is 2.73. The lowest BCUT2D eigenvalue weighted by molar-refractivity contribution is -0.0700. The quantitative estimate of drug-likeness (QED) is 0.665. The van der Waals surface area contributed by atoms with Crippen LogP contribution in [-0.4, -0.2) is 32.6 Å². The van der Waals surface area contributed by atoms with Crippen molar-refractivity contribution in [1.29, 1.82) is 0 Å². The van der Waals surface area contributed by atoms with Crippen LogP contribution < -0.4 is 0 Å². The second-order valence-corrected chi connectivity index (χ2v) is 5.01. The van der Waals surface area contributed by atoms with E-state index in [0.29, 0.717) is 0 Å². The Kier molecular flexibility index (Phi) is 5.02. The summed E-state index contributed by atoms with van der Waals surface area (Å²) in [7, 11) is 3.22. The van der Waals surface area contributed by atoms with Gasteiger partial charge in [0.15, 0.2) is 0 Å². The van der Waals surface area contributed by atoms with E-state index in [4.69, 9.17) is 9.47 Å².